The van der Waals surface area contributed by atoms with Crippen molar-refractivity contribution in [2.45, 2.75) is 44.7 Å². The maximum atomic E-state index is 13.6. The number of amides is 1. The van der Waals surface area contributed by atoms with Gasteiger partial charge in [0.1, 0.15) is 22.9 Å². The second-order valence-corrected chi connectivity index (χ2v) is 9.89. The number of imidazole rings is 1. The molecule has 4 aromatic rings. The first-order valence-corrected chi connectivity index (χ1v) is 12.0. The fraction of sp³-hybridized carbons (Fsp3) is 0.375. The third-order valence-corrected chi connectivity index (χ3v) is 7.74. The number of carbonyl (C=O) groups excluding carboxylic acids is 1. The molecule has 1 saturated carbocycles. The molecule has 3 N–H and O–H groups in total. The van der Waals surface area contributed by atoms with Gasteiger partial charge in [-0.3, -0.25) is 9.20 Å². The van der Waals surface area contributed by atoms with Crippen LogP contribution in [-0.4, -0.2) is 26.8 Å². The molecule has 34 heavy (non-hydrogen) atoms. The monoisotopic (exact) mass is 487 g/mol. The maximum absolute atomic E-state index is 13.6. The fourth-order valence-corrected chi connectivity index (χ4v) is 6.05. The number of nitrogens with zero attached hydrogens (tertiary/aromatic N) is 3. The van der Waals surface area contributed by atoms with E-state index in [1.165, 1.54) is 13.0 Å². The number of aromatic nitrogens is 3. The predicted molar refractivity (Wildman–Crippen MR) is 127 cm³/mol. The first kappa shape index (κ1) is 22.6. The molecule has 3 heterocycles. The normalized spacial score (nSPS) is 19.1. The van der Waals surface area contributed by atoms with Gasteiger partial charge >= 0.3 is 6.18 Å². The summed E-state index contributed by atoms with van der Waals surface area (Å²) in [5, 5.41) is 3.42. The highest BCUT2D eigenvalue weighted by atomic mass is 32.1. The number of halogens is 3. The van der Waals surface area contributed by atoms with Crippen LogP contribution < -0.4 is 11.1 Å². The smallest absolute Gasteiger partial charge is 0.382 e. The number of nitrogen functional groups attached to an aromatic ring is 1. The minimum absolute atomic E-state index is 0.0222. The number of hydrogen-bond acceptors (Lipinski definition) is 5. The minimum Gasteiger partial charge on any atom is -0.382 e. The van der Waals surface area contributed by atoms with Crippen molar-refractivity contribution in [3.63, 3.8) is 0 Å². The zero-order chi connectivity index (χ0) is 24.0. The highest BCUT2D eigenvalue weighted by Crippen LogP contribution is 2.44. The number of anilines is 1. The van der Waals surface area contributed by atoms with E-state index < -0.39 is 11.7 Å². The van der Waals surface area contributed by atoms with Crippen LogP contribution in [0.4, 0.5) is 19.0 Å². The second-order valence-electron chi connectivity index (χ2n) is 8.84. The highest BCUT2D eigenvalue weighted by Gasteiger charge is 2.34. The Balaban J connectivity index is 1.54. The lowest BCUT2D eigenvalue weighted by molar-refractivity contribution is -0.136. The molecule has 0 aliphatic heterocycles. The van der Waals surface area contributed by atoms with E-state index in [0.717, 1.165) is 48.9 Å². The standard InChI is InChI=1S/C24H24F3N5OS/c1-13(33)30-12-14-5-7-15(8-6-14)23-31-19(20-22(28)29-9-10-32(20)23)18-11-16-3-2-4-17(21(16)34-18)24(25,26)27/h2-4,9-11,14-15H,5-8,12H2,1H3,(H2,28,29)(H,30,33)/t14-,15-. The van der Waals surface area contributed by atoms with E-state index in [2.05, 4.69) is 10.3 Å². The van der Waals surface area contributed by atoms with Crippen molar-refractivity contribution in [3.8, 4) is 10.6 Å². The van der Waals surface area contributed by atoms with Crippen LogP contribution in [0.2, 0.25) is 0 Å². The zero-order valence-electron chi connectivity index (χ0n) is 18.5. The van der Waals surface area contributed by atoms with Gasteiger partial charge in [-0.15, -0.1) is 11.3 Å². The molecule has 1 aromatic carbocycles. The minimum atomic E-state index is -4.43. The van der Waals surface area contributed by atoms with E-state index in [1.54, 1.807) is 18.3 Å². The Hall–Kier alpha value is -3.14. The average Bonchev–Trinajstić information content (AvgIpc) is 3.39. The third-order valence-electron chi connectivity index (χ3n) is 6.54. The summed E-state index contributed by atoms with van der Waals surface area (Å²) in [6, 6.07) is 5.96. The third kappa shape index (κ3) is 4.11. The molecule has 1 aliphatic rings. The van der Waals surface area contributed by atoms with Gasteiger partial charge in [0, 0.05) is 36.5 Å². The van der Waals surface area contributed by atoms with Crippen molar-refractivity contribution in [3.05, 3.63) is 48.0 Å². The first-order valence-electron chi connectivity index (χ1n) is 11.2. The van der Waals surface area contributed by atoms with E-state index in [4.69, 9.17) is 10.7 Å². The molecule has 1 aliphatic carbocycles. The van der Waals surface area contributed by atoms with E-state index in [0.29, 0.717) is 39.8 Å². The van der Waals surface area contributed by atoms with Crippen molar-refractivity contribution in [2.24, 2.45) is 5.92 Å². The van der Waals surface area contributed by atoms with Crippen molar-refractivity contribution in [2.75, 3.05) is 12.3 Å². The lowest BCUT2D eigenvalue weighted by atomic mass is 9.81. The van der Waals surface area contributed by atoms with Crippen LogP contribution in [0.25, 0.3) is 26.2 Å². The molecule has 0 spiro atoms. The molecule has 0 radical (unpaired) electrons. The van der Waals surface area contributed by atoms with E-state index in [-0.39, 0.29) is 16.5 Å². The molecule has 6 nitrogen and oxygen atoms in total. The fourth-order valence-electron chi connectivity index (χ4n) is 4.86. The number of benzene rings is 1. The second kappa shape index (κ2) is 8.57. The lowest BCUT2D eigenvalue weighted by Crippen LogP contribution is -2.29. The molecule has 5 rings (SSSR count). The summed E-state index contributed by atoms with van der Waals surface area (Å²) in [7, 11) is 0. The molecular weight excluding hydrogens is 463 g/mol. The average molecular weight is 488 g/mol. The molecule has 0 unspecified atom stereocenters. The van der Waals surface area contributed by atoms with Gasteiger partial charge in [-0.25, -0.2) is 9.97 Å². The molecule has 1 fully saturated rings. The molecule has 10 heteroatoms. The first-order chi connectivity index (χ1) is 16.2. The Morgan fingerprint density at radius 2 is 2.03 bits per heavy atom. The van der Waals surface area contributed by atoms with E-state index >= 15 is 0 Å². The Morgan fingerprint density at radius 3 is 2.74 bits per heavy atom. The van der Waals surface area contributed by atoms with Gasteiger partial charge in [-0.2, -0.15) is 13.2 Å². The number of nitrogens with one attached hydrogen (secondary N) is 1. The van der Waals surface area contributed by atoms with Gasteiger partial charge in [-0.1, -0.05) is 12.1 Å². The number of rotatable bonds is 4. The molecular formula is C24H24F3N5OS. The molecule has 178 valence electrons. The molecule has 0 atom stereocenters. The van der Waals surface area contributed by atoms with Gasteiger partial charge in [0.15, 0.2) is 0 Å². The summed E-state index contributed by atoms with van der Waals surface area (Å²) in [5.74, 6) is 1.75. The number of carbonyl (C=O) groups is 1. The van der Waals surface area contributed by atoms with Crippen molar-refractivity contribution < 1.29 is 18.0 Å². The van der Waals surface area contributed by atoms with Crippen LogP contribution in [0.1, 0.15) is 49.9 Å². The number of nitrogens with two attached hydrogens (primary N) is 1. The highest BCUT2D eigenvalue weighted by molar-refractivity contribution is 7.22. The van der Waals surface area contributed by atoms with Crippen LogP contribution >= 0.6 is 11.3 Å². The van der Waals surface area contributed by atoms with Gasteiger partial charge in [0.2, 0.25) is 5.91 Å². The Kier molecular flexibility index (Phi) is 5.71. The van der Waals surface area contributed by atoms with E-state index in [9.17, 15) is 18.0 Å². The van der Waals surface area contributed by atoms with Crippen LogP contribution in [0, 0.1) is 5.92 Å². The van der Waals surface area contributed by atoms with Crippen LogP contribution in [0.15, 0.2) is 36.7 Å². The number of thiophene rings is 1. The van der Waals surface area contributed by atoms with Crippen LogP contribution in [-0.2, 0) is 11.0 Å². The van der Waals surface area contributed by atoms with Gasteiger partial charge < -0.3 is 11.1 Å². The SMILES string of the molecule is CC(=O)NC[C@H]1CC[C@H](c2nc(-c3cc4cccc(C(F)(F)F)c4s3)c3c(N)nccn32)CC1. The van der Waals surface area contributed by atoms with Crippen LogP contribution in [0.5, 0.6) is 0 Å². The number of hydrogen-bond donors (Lipinski definition) is 2. The molecule has 1 amide bonds. The molecule has 0 saturated heterocycles. The Labute approximate surface area is 198 Å². The van der Waals surface area contributed by atoms with Gasteiger partial charge in [-0.05, 0) is 49.1 Å². The summed E-state index contributed by atoms with van der Waals surface area (Å²) >= 11 is 1.08. The van der Waals surface area contributed by atoms with Crippen molar-refractivity contribution in [1.29, 1.82) is 0 Å². The summed E-state index contributed by atoms with van der Waals surface area (Å²) < 4.78 is 42.8. The summed E-state index contributed by atoms with van der Waals surface area (Å²) in [5.41, 5.74) is 6.78. The zero-order valence-corrected chi connectivity index (χ0v) is 19.3. The lowest BCUT2D eigenvalue weighted by Gasteiger charge is -2.27. The van der Waals surface area contributed by atoms with Crippen molar-refractivity contribution in [1.82, 2.24) is 19.7 Å². The van der Waals surface area contributed by atoms with Gasteiger partial charge in [0.05, 0.1) is 10.4 Å². The predicted octanol–water partition coefficient (Wildman–Crippen LogP) is 5.62. The molecule has 3 aromatic heterocycles. The van der Waals surface area contributed by atoms with Crippen molar-refractivity contribution >= 4 is 38.7 Å². The van der Waals surface area contributed by atoms with Gasteiger partial charge in [0.25, 0.3) is 0 Å². The summed E-state index contributed by atoms with van der Waals surface area (Å²) in [6.45, 7) is 2.20. The van der Waals surface area contributed by atoms with Crippen LogP contribution in [0.3, 0.4) is 0 Å². The number of alkyl halides is 3. The quantitative estimate of drug-likeness (QED) is 0.391. The Bertz CT molecular complexity index is 1370. The topological polar surface area (TPSA) is 85.3 Å². The largest absolute Gasteiger partial charge is 0.417 e. The summed E-state index contributed by atoms with van der Waals surface area (Å²) in [6.07, 6.45) is 2.76. The number of fused-ring (bicyclic) bond motifs is 2. The maximum Gasteiger partial charge on any atom is 0.417 e. The molecule has 0 bridgehead atoms. The Morgan fingerprint density at radius 1 is 1.26 bits per heavy atom. The van der Waals surface area contributed by atoms with E-state index in [1.807, 2.05) is 10.6 Å². The summed E-state index contributed by atoms with van der Waals surface area (Å²) in [4.78, 5) is 21.0.